The van der Waals surface area contributed by atoms with Crippen LogP contribution in [0.5, 0.6) is 0 Å². The molecule has 0 fully saturated rings. The monoisotopic (exact) mass is 2050 g/mol. The molecule has 2 heterocycles. The van der Waals surface area contributed by atoms with Crippen LogP contribution in [0.15, 0.2) is 64.0 Å². The number of aromatic nitrogens is 4. The van der Waals surface area contributed by atoms with E-state index in [2.05, 4.69) is 249 Å². The van der Waals surface area contributed by atoms with E-state index in [0.29, 0.717) is 23.4 Å². The Kier molecular flexibility index (Phi) is 55.0. The highest BCUT2D eigenvalue weighted by Crippen LogP contribution is 3.45. The van der Waals surface area contributed by atoms with Gasteiger partial charge in [0.15, 0.2) is 21.3 Å². The number of alkyl halides is 1. The van der Waals surface area contributed by atoms with Gasteiger partial charge in [-0.15, -0.1) is 233 Å². The number of nitrogens with one attached hydrogen (secondary N) is 1. The van der Waals surface area contributed by atoms with Gasteiger partial charge >= 0.3 is 0 Å². The molecule has 4 rings (SSSR count). The highest BCUT2D eigenvalue weighted by molar-refractivity contribution is 9.51. The number of nitrogens with zero attached hydrogens (tertiary/aromatic N) is 4. The van der Waals surface area contributed by atoms with Crippen LogP contribution in [0.2, 0.25) is 0 Å². The molecule has 84 heavy (non-hydrogen) atoms. The second-order valence-electron chi connectivity index (χ2n) is 16.2. The predicted octanol–water partition coefficient (Wildman–Crippen LogP) is 32.0. The van der Waals surface area contributed by atoms with Crippen molar-refractivity contribution in [3.63, 3.8) is 0 Å². The van der Waals surface area contributed by atoms with Gasteiger partial charge in [0.05, 0.1) is 22.0 Å². The molecule has 4 aromatic rings. The standard InChI is InChI=1S/C25H27FN6O3S.H50P48/c1-15(2)36(33,34)20-10-8-18(9-11-20)21-14-29-23(27)22(30-21)25-32-31-24(35-25)19-6-4-17(5-7-19)13-28-16(3)12-26;1-26(2)38(25)44(37(23)24)47(43(35(19)20)36(21)22)48(45(39(27(3)4)28(5)6)40(29(7)8)30(9)10)46(41(31(11)12)32(13)14)42(33(15)16)34(17)18/h4-11,14-16,28H,12-13H2,1-3H3,(H2,27,29);1-25H2. The third kappa shape index (κ3) is 30.0. The van der Waals surface area contributed by atoms with E-state index in [9.17, 15) is 12.8 Å². The third-order valence-electron chi connectivity index (χ3n) is 9.75. The molecule has 3 N–H and O–H groups in total. The second-order valence-corrected chi connectivity index (χ2v) is 215. The van der Waals surface area contributed by atoms with Crippen LogP contribution >= 0.6 is 384 Å². The van der Waals surface area contributed by atoms with Gasteiger partial charge in [0, 0.05) is 23.7 Å². The predicted molar refractivity (Wildman–Crippen MR) is 537 cm³/mol. The number of halogens is 1. The minimum atomic E-state index is -3.38. The first-order valence-electron chi connectivity index (χ1n) is 22.2. The van der Waals surface area contributed by atoms with Crippen molar-refractivity contribution in [3.8, 4) is 34.3 Å². The van der Waals surface area contributed by atoms with Crippen LogP contribution < -0.4 is 11.1 Å². The average molecular weight is 2050 g/mol. The van der Waals surface area contributed by atoms with E-state index >= 15 is 0 Å². The molecule has 478 valence electrons. The van der Waals surface area contributed by atoms with Crippen molar-refractivity contribution in [2.45, 2.75) is 43.5 Å². The Morgan fingerprint density at radius 1 is 0.488 bits per heavy atom. The van der Waals surface area contributed by atoms with Gasteiger partial charge in [-0.3, -0.25) is 0 Å². The number of hydrogen-bond acceptors (Lipinski definition) is 9. The molecule has 2 aromatic carbocycles. The number of sulfone groups is 1. The molecule has 0 spiro atoms. The minimum Gasteiger partial charge on any atom is -0.414 e. The molecular formula is C25H77FN6O3P48S. The summed E-state index contributed by atoms with van der Waals surface area (Å²) in [6.07, 6.45) is 1.50. The highest BCUT2D eigenvalue weighted by Gasteiger charge is 2.58. The van der Waals surface area contributed by atoms with Gasteiger partial charge in [-0.2, -0.15) is 0 Å². The second kappa shape index (κ2) is 48.6. The molecule has 0 amide bonds. The lowest BCUT2D eigenvalue weighted by Gasteiger charge is -2.58. The zero-order valence-electron chi connectivity index (χ0n) is 44.9. The van der Waals surface area contributed by atoms with E-state index in [-0.39, 0.29) is 195 Å². The molecule has 0 saturated heterocycles. The topological polar surface area (TPSA) is 137 Å². The number of hydrogen-bond donors (Lipinski definition) is 2. The van der Waals surface area contributed by atoms with Crippen molar-refractivity contribution in [2.75, 3.05) is 12.4 Å². The molecule has 29 unspecified atom stereocenters. The van der Waals surface area contributed by atoms with Crippen LogP contribution in [0.3, 0.4) is 0 Å². The van der Waals surface area contributed by atoms with Crippen molar-refractivity contribution < 1.29 is 17.2 Å². The van der Waals surface area contributed by atoms with Crippen LogP contribution in [0, 0.1) is 0 Å². The van der Waals surface area contributed by atoms with Crippen molar-refractivity contribution in [2.24, 2.45) is 0 Å². The summed E-state index contributed by atoms with van der Waals surface area (Å²) >= 11 is 0. The summed E-state index contributed by atoms with van der Waals surface area (Å²) in [5, 5.41) is 10.8. The average Bonchev–Trinajstić information content (AvgIpc) is 1.70. The Morgan fingerprint density at radius 2 is 0.833 bits per heavy atom. The molecule has 0 aliphatic rings. The first kappa shape index (κ1) is 95.1. The Labute approximate surface area is 585 Å². The smallest absolute Gasteiger partial charge is 0.270 e. The largest absolute Gasteiger partial charge is 0.414 e. The van der Waals surface area contributed by atoms with Gasteiger partial charge in [-0.1, -0.05) is 24.3 Å². The SMILES string of the molecule is CC(CF)NCc1ccc(-c2nnc(-c3nc(-c4ccc(S(=O)(=O)C(C)C)cc4)cnc3N)o2)cc1.PP(P)P(P)P(P(P)P)P(P(P(P)P)P(P)P)P(P(P(P(P)P)P(P)P)P(P(P)P)P(P)P)P(P(P(P)P)P(P)P)P(P(P)P)P(P)P. The van der Waals surface area contributed by atoms with Crippen LogP contribution in [0.1, 0.15) is 26.3 Å². The summed E-state index contributed by atoms with van der Waals surface area (Å²) in [5.41, 5.74) is 9.11. The number of rotatable bonds is 31. The summed E-state index contributed by atoms with van der Waals surface area (Å²) in [5.74, 6) is 0.520. The number of nitrogens with two attached hydrogens (primary N) is 1. The highest BCUT2D eigenvalue weighted by atomic mass is 33.6. The Morgan fingerprint density at radius 3 is 1.18 bits per heavy atom. The molecule has 0 radical (unpaired) electrons. The summed E-state index contributed by atoms with van der Waals surface area (Å²) in [7, 11) is 83.2. The van der Waals surface area contributed by atoms with E-state index in [1.165, 1.54) is 6.20 Å². The van der Waals surface area contributed by atoms with Crippen molar-refractivity contribution >= 4 is 400 Å². The van der Waals surface area contributed by atoms with Crippen LogP contribution in [-0.2, 0) is 16.4 Å². The molecule has 2 aromatic heterocycles. The van der Waals surface area contributed by atoms with Crippen LogP contribution in [0.4, 0.5) is 10.2 Å². The number of benzene rings is 2. The fourth-order valence-corrected chi connectivity index (χ4v) is 673. The van der Waals surface area contributed by atoms with Crippen LogP contribution in [0.25, 0.3) is 34.3 Å². The maximum atomic E-state index is 12.6. The van der Waals surface area contributed by atoms with E-state index in [0.717, 1.165) is 5.56 Å². The maximum absolute atomic E-state index is 12.6. The van der Waals surface area contributed by atoms with Gasteiger partial charge in [-0.05, 0) is 211 Å². The fourth-order valence-electron chi connectivity index (χ4n) is 6.08. The lowest BCUT2D eigenvalue weighted by atomic mass is 10.1. The zero-order chi connectivity index (χ0) is 64.2. The fraction of sp³-hybridized carbons (Fsp3) is 0.280. The van der Waals surface area contributed by atoms with E-state index in [4.69, 9.17) is 10.2 Å². The Hall–Kier alpha value is 16.9. The summed E-state index contributed by atoms with van der Waals surface area (Å²) in [6.45, 7) is 1.67. The van der Waals surface area contributed by atoms with Crippen molar-refractivity contribution in [1.29, 1.82) is 0 Å². The van der Waals surface area contributed by atoms with Gasteiger partial charge in [0.1, 0.15) is 6.67 Å². The lowest BCUT2D eigenvalue weighted by molar-refractivity contribution is 0.391. The molecule has 0 bridgehead atoms. The van der Waals surface area contributed by atoms with Gasteiger partial charge in [0.2, 0.25) is 5.89 Å². The first-order chi connectivity index (χ1) is 39.0. The third-order valence-corrected chi connectivity index (χ3v) is 342. The molecule has 59 heteroatoms. The summed E-state index contributed by atoms with van der Waals surface area (Å²) in [6, 6.07) is 13.7. The van der Waals surface area contributed by atoms with Crippen molar-refractivity contribution in [3.05, 3.63) is 60.3 Å². The summed E-state index contributed by atoms with van der Waals surface area (Å²) in [4.78, 5) is 8.98. The molecule has 0 aliphatic heterocycles. The summed E-state index contributed by atoms with van der Waals surface area (Å²) < 4.78 is 43.2. The Bertz CT molecular complexity index is 2560. The minimum absolute atomic E-state index is 0.110. The quantitative estimate of drug-likeness (QED) is 0.0472. The number of anilines is 1. The van der Waals surface area contributed by atoms with Crippen LogP contribution in [-0.4, -0.2) is 46.5 Å². The molecule has 0 aliphatic carbocycles. The van der Waals surface area contributed by atoms with E-state index in [1.54, 1.807) is 45.0 Å². The van der Waals surface area contributed by atoms with Gasteiger partial charge < -0.3 is 15.5 Å². The zero-order valence-corrected chi connectivity index (χ0v) is 95.1. The van der Waals surface area contributed by atoms with E-state index in [1.807, 2.05) is 24.3 Å². The van der Waals surface area contributed by atoms with Gasteiger partial charge in [0.25, 0.3) is 5.89 Å². The van der Waals surface area contributed by atoms with Crippen molar-refractivity contribution in [1.82, 2.24) is 25.5 Å². The molecule has 29 atom stereocenters. The first-order valence-corrected chi connectivity index (χ1v) is 111. The Balaban J connectivity index is 0.000000455. The van der Waals surface area contributed by atoms with E-state index < -0.39 is 21.8 Å². The molecule has 0 saturated carbocycles. The molecule has 9 nitrogen and oxygen atoms in total. The van der Waals surface area contributed by atoms with Gasteiger partial charge in [-0.25, -0.2) is 22.8 Å². The number of nitrogen functional groups attached to an aromatic ring is 1. The molecular weight excluding hydrogens is 1970 g/mol. The maximum Gasteiger partial charge on any atom is 0.270 e. The lowest BCUT2D eigenvalue weighted by Crippen LogP contribution is -2.27. The normalized spacial score (nSPS) is 14.7.